The van der Waals surface area contributed by atoms with Gasteiger partial charge < -0.3 is 5.11 Å². The molecule has 1 atom stereocenters. The molecule has 0 amide bonds. The highest BCUT2D eigenvalue weighted by atomic mass is 16.3. The molecule has 0 bridgehead atoms. The lowest BCUT2D eigenvalue weighted by molar-refractivity contribution is -0.0773. The topological polar surface area (TPSA) is 44.0 Å². The number of nitrogens with zero attached hydrogens (tertiary/aromatic N) is 1. The summed E-state index contributed by atoms with van der Waals surface area (Å²) in [5, 5.41) is 21.0. The Morgan fingerprint density at radius 3 is 2.10 bits per heavy atom. The number of hydrogen-bond acceptors (Lipinski definition) is 2. The Balaban J connectivity index is 2.33. The molecule has 0 saturated heterocycles. The van der Waals surface area contributed by atoms with Crippen LogP contribution >= 0.6 is 0 Å². The molecular weight excluding hydrogens is 258 g/mol. The number of rotatable bonds is 3. The minimum Gasteiger partial charge on any atom is -0.384 e. The summed E-state index contributed by atoms with van der Waals surface area (Å²) in [6.07, 6.45) is 4.49. The fourth-order valence-electron chi connectivity index (χ4n) is 3.40. The average molecular weight is 285 g/mol. The standard InChI is InChI=1S/C19H27NO/c1-5-15-6-8-16(9-7-15)18(4,21)19(14-20)12-10-17(2,3)11-13-19/h6-9,21H,5,10-13H2,1-4H3. The first-order valence-corrected chi connectivity index (χ1v) is 7.99. The van der Waals surface area contributed by atoms with Gasteiger partial charge in [-0.2, -0.15) is 5.26 Å². The Labute approximate surface area is 128 Å². The van der Waals surface area contributed by atoms with Crippen molar-refractivity contribution < 1.29 is 5.11 Å². The van der Waals surface area contributed by atoms with E-state index < -0.39 is 11.0 Å². The second kappa shape index (κ2) is 5.46. The van der Waals surface area contributed by atoms with Gasteiger partial charge in [-0.05, 0) is 55.6 Å². The number of nitriles is 1. The van der Waals surface area contributed by atoms with E-state index in [1.54, 1.807) is 0 Å². The van der Waals surface area contributed by atoms with Gasteiger partial charge in [-0.15, -0.1) is 0 Å². The predicted molar refractivity (Wildman–Crippen MR) is 85.7 cm³/mol. The third-order valence-electron chi connectivity index (χ3n) is 5.53. The summed E-state index contributed by atoms with van der Waals surface area (Å²) in [5.74, 6) is 0. The van der Waals surface area contributed by atoms with Crippen LogP contribution in [0.15, 0.2) is 24.3 Å². The van der Waals surface area contributed by atoms with E-state index in [9.17, 15) is 10.4 Å². The predicted octanol–water partition coefficient (Wildman–Crippen LogP) is 4.57. The first-order chi connectivity index (χ1) is 9.76. The molecule has 1 aromatic carbocycles. The number of aliphatic hydroxyl groups is 1. The zero-order chi connectivity index (χ0) is 15.7. The Hall–Kier alpha value is -1.33. The summed E-state index contributed by atoms with van der Waals surface area (Å²) in [6, 6.07) is 10.6. The first kappa shape index (κ1) is 16.0. The number of aryl methyl sites for hydroxylation is 1. The summed E-state index contributed by atoms with van der Waals surface area (Å²) in [7, 11) is 0. The molecule has 1 aliphatic rings. The lowest BCUT2D eigenvalue weighted by Crippen LogP contribution is -2.46. The third kappa shape index (κ3) is 2.85. The van der Waals surface area contributed by atoms with E-state index in [1.807, 2.05) is 19.1 Å². The highest BCUT2D eigenvalue weighted by Crippen LogP contribution is 2.53. The summed E-state index contributed by atoms with van der Waals surface area (Å²) in [5.41, 5.74) is 0.634. The van der Waals surface area contributed by atoms with E-state index in [2.05, 4.69) is 39.0 Å². The molecule has 21 heavy (non-hydrogen) atoms. The summed E-state index contributed by atoms with van der Waals surface area (Å²) < 4.78 is 0. The monoisotopic (exact) mass is 285 g/mol. The maximum absolute atomic E-state index is 11.2. The van der Waals surface area contributed by atoms with Gasteiger partial charge in [0.1, 0.15) is 5.60 Å². The van der Waals surface area contributed by atoms with E-state index >= 15 is 0 Å². The maximum atomic E-state index is 11.2. The lowest BCUT2D eigenvalue weighted by Gasteiger charge is -2.47. The van der Waals surface area contributed by atoms with Crippen molar-refractivity contribution in [2.75, 3.05) is 0 Å². The fourth-order valence-corrected chi connectivity index (χ4v) is 3.40. The third-order valence-corrected chi connectivity index (χ3v) is 5.53. The van der Waals surface area contributed by atoms with Gasteiger partial charge in [0, 0.05) is 0 Å². The zero-order valence-corrected chi connectivity index (χ0v) is 13.7. The van der Waals surface area contributed by atoms with Crippen LogP contribution in [0.25, 0.3) is 0 Å². The molecule has 1 fully saturated rings. The van der Waals surface area contributed by atoms with E-state index in [-0.39, 0.29) is 5.41 Å². The molecule has 1 saturated carbocycles. The van der Waals surface area contributed by atoms with Crippen LogP contribution in [-0.4, -0.2) is 5.11 Å². The molecule has 2 rings (SSSR count). The van der Waals surface area contributed by atoms with Gasteiger partial charge in [-0.3, -0.25) is 0 Å². The van der Waals surface area contributed by atoms with Crippen LogP contribution in [-0.2, 0) is 12.0 Å². The van der Waals surface area contributed by atoms with Crippen molar-refractivity contribution in [3.63, 3.8) is 0 Å². The fraction of sp³-hybridized carbons (Fsp3) is 0.632. The van der Waals surface area contributed by atoms with Gasteiger partial charge >= 0.3 is 0 Å². The molecule has 1 aromatic rings. The van der Waals surface area contributed by atoms with Gasteiger partial charge in [-0.1, -0.05) is 45.0 Å². The molecule has 0 heterocycles. The molecule has 2 nitrogen and oxygen atoms in total. The normalized spacial score (nSPS) is 23.0. The van der Waals surface area contributed by atoms with Crippen molar-refractivity contribution in [2.24, 2.45) is 10.8 Å². The lowest BCUT2D eigenvalue weighted by atomic mass is 9.58. The van der Waals surface area contributed by atoms with Gasteiger partial charge in [-0.25, -0.2) is 0 Å². The quantitative estimate of drug-likeness (QED) is 0.884. The molecule has 0 aromatic heterocycles. The van der Waals surface area contributed by atoms with Crippen LogP contribution < -0.4 is 0 Å². The summed E-state index contributed by atoms with van der Waals surface area (Å²) >= 11 is 0. The van der Waals surface area contributed by atoms with Gasteiger partial charge in [0.05, 0.1) is 11.5 Å². The molecule has 0 aliphatic heterocycles. The number of benzene rings is 1. The molecule has 1 unspecified atom stereocenters. The Bertz CT molecular complexity index is 524. The molecule has 1 aliphatic carbocycles. The summed E-state index contributed by atoms with van der Waals surface area (Å²) in [4.78, 5) is 0. The molecule has 0 radical (unpaired) electrons. The molecular formula is C19H27NO. The largest absolute Gasteiger partial charge is 0.384 e. The van der Waals surface area contributed by atoms with Crippen molar-refractivity contribution in [3.05, 3.63) is 35.4 Å². The van der Waals surface area contributed by atoms with Crippen molar-refractivity contribution in [1.29, 1.82) is 5.26 Å². The van der Waals surface area contributed by atoms with Crippen molar-refractivity contribution in [1.82, 2.24) is 0 Å². The average Bonchev–Trinajstić information content (AvgIpc) is 2.47. The van der Waals surface area contributed by atoms with Crippen LogP contribution in [0.2, 0.25) is 0 Å². The first-order valence-electron chi connectivity index (χ1n) is 7.99. The summed E-state index contributed by atoms with van der Waals surface area (Å²) in [6.45, 7) is 8.43. The second-order valence-electron chi connectivity index (χ2n) is 7.48. The van der Waals surface area contributed by atoms with E-state index in [0.717, 1.165) is 37.7 Å². The molecule has 2 heteroatoms. The van der Waals surface area contributed by atoms with Gasteiger partial charge in [0.15, 0.2) is 0 Å². The van der Waals surface area contributed by atoms with Crippen LogP contribution in [0.5, 0.6) is 0 Å². The van der Waals surface area contributed by atoms with E-state index in [4.69, 9.17) is 0 Å². The van der Waals surface area contributed by atoms with E-state index in [1.165, 1.54) is 5.56 Å². The molecule has 0 spiro atoms. The highest BCUT2D eigenvalue weighted by Gasteiger charge is 2.51. The van der Waals surface area contributed by atoms with E-state index in [0.29, 0.717) is 0 Å². The minimum atomic E-state index is -1.09. The highest BCUT2D eigenvalue weighted by molar-refractivity contribution is 5.31. The van der Waals surface area contributed by atoms with Crippen LogP contribution in [0.3, 0.4) is 0 Å². The van der Waals surface area contributed by atoms with Crippen molar-refractivity contribution in [2.45, 2.75) is 65.4 Å². The minimum absolute atomic E-state index is 0.280. The van der Waals surface area contributed by atoms with Crippen molar-refractivity contribution >= 4 is 0 Å². The Morgan fingerprint density at radius 2 is 1.67 bits per heavy atom. The SMILES string of the molecule is CCc1ccc(C(C)(O)C2(C#N)CCC(C)(C)CC2)cc1. The molecule has 114 valence electrons. The zero-order valence-electron chi connectivity index (χ0n) is 13.7. The van der Waals surface area contributed by atoms with Gasteiger partial charge in [0.25, 0.3) is 0 Å². The maximum Gasteiger partial charge on any atom is 0.105 e. The second-order valence-corrected chi connectivity index (χ2v) is 7.48. The number of hydrogen-bond donors (Lipinski definition) is 1. The van der Waals surface area contributed by atoms with Gasteiger partial charge in [0.2, 0.25) is 0 Å². The molecule has 1 N–H and O–H groups in total. The van der Waals surface area contributed by atoms with Crippen LogP contribution in [0.1, 0.15) is 64.5 Å². The Kier molecular flexibility index (Phi) is 4.17. The van der Waals surface area contributed by atoms with Crippen LogP contribution in [0, 0.1) is 22.2 Å². The Morgan fingerprint density at radius 1 is 1.14 bits per heavy atom. The van der Waals surface area contributed by atoms with Crippen molar-refractivity contribution in [3.8, 4) is 6.07 Å². The smallest absolute Gasteiger partial charge is 0.105 e. The van der Waals surface area contributed by atoms with Crippen LogP contribution in [0.4, 0.5) is 0 Å².